The number of benzene rings is 1. The van der Waals surface area contributed by atoms with Gasteiger partial charge in [0.15, 0.2) is 11.9 Å². The summed E-state index contributed by atoms with van der Waals surface area (Å²) in [6.07, 6.45) is 3.77. The zero-order valence-electron chi connectivity index (χ0n) is 14.1. The van der Waals surface area contributed by atoms with Gasteiger partial charge in [-0.25, -0.2) is 0 Å². The van der Waals surface area contributed by atoms with Gasteiger partial charge >= 0.3 is 0 Å². The lowest BCUT2D eigenvalue weighted by atomic mass is 9.99. The molecule has 1 aliphatic carbocycles. The van der Waals surface area contributed by atoms with Crippen molar-refractivity contribution >= 4 is 0 Å². The molecule has 0 amide bonds. The van der Waals surface area contributed by atoms with E-state index in [2.05, 4.69) is 36.1 Å². The van der Waals surface area contributed by atoms with Crippen LogP contribution in [-0.4, -0.2) is 10.1 Å². The van der Waals surface area contributed by atoms with Crippen LogP contribution >= 0.6 is 0 Å². The molecule has 0 saturated heterocycles. The van der Waals surface area contributed by atoms with Crippen molar-refractivity contribution in [2.45, 2.75) is 64.0 Å². The highest BCUT2D eigenvalue weighted by Crippen LogP contribution is 2.35. The molecule has 2 aromatic rings. The SMILES string of the molecule is CC(C)c1cccc(OC(C)c2nc(C3(N)CCCC3)no2)c1. The van der Waals surface area contributed by atoms with Crippen molar-refractivity contribution in [1.82, 2.24) is 10.1 Å². The average Bonchev–Trinajstić information content (AvgIpc) is 3.17. The normalized spacial score (nSPS) is 18.3. The monoisotopic (exact) mass is 315 g/mol. The minimum absolute atomic E-state index is 0.302. The fourth-order valence-electron chi connectivity index (χ4n) is 3.03. The van der Waals surface area contributed by atoms with E-state index >= 15 is 0 Å². The van der Waals surface area contributed by atoms with Crippen LogP contribution in [0.1, 0.15) is 75.8 Å². The van der Waals surface area contributed by atoms with E-state index in [9.17, 15) is 0 Å². The fraction of sp³-hybridized carbons (Fsp3) is 0.556. The minimum Gasteiger partial charge on any atom is -0.481 e. The third-order valence-electron chi connectivity index (χ3n) is 4.57. The van der Waals surface area contributed by atoms with Crippen LogP contribution in [0.2, 0.25) is 0 Å². The van der Waals surface area contributed by atoms with Crippen LogP contribution in [0.4, 0.5) is 0 Å². The molecule has 0 bridgehead atoms. The summed E-state index contributed by atoms with van der Waals surface area (Å²) >= 11 is 0. The number of rotatable bonds is 5. The predicted molar refractivity (Wildman–Crippen MR) is 88.2 cm³/mol. The van der Waals surface area contributed by atoms with E-state index in [0.717, 1.165) is 31.4 Å². The highest BCUT2D eigenvalue weighted by Gasteiger charge is 2.36. The Morgan fingerprint density at radius 1 is 1.22 bits per heavy atom. The van der Waals surface area contributed by atoms with E-state index in [0.29, 0.717) is 17.6 Å². The molecule has 1 aromatic heterocycles. The van der Waals surface area contributed by atoms with Crippen LogP contribution in [-0.2, 0) is 5.54 Å². The molecule has 0 aliphatic heterocycles. The lowest BCUT2D eigenvalue weighted by Crippen LogP contribution is -2.34. The van der Waals surface area contributed by atoms with Gasteiger partial charge in [-0.1, -0.05) is 44.0 Å². The first-order chi connectivity index (χ1) is 11.0. The summed E-state index contributed by atoms with van der Waals surface area (Å²) in [7, 11) is 0. The second-order valence-electron chi connectivity index (χ2n) is 6.81. The van der Waals surface area contributed by atoms with E-state index < -0.39 is 5.54 Å². The fourth-order valence-corrected chi connectivity index (χ4v) is 3.03. The second-order valence-corrected chi connectivity index (χ2v) is 6.81. The van der Waals surface area contributed by atoms with E-state index in [1.54, 1.807) is 0 Å². The van der Waals surface area contributed by atoms with Crippen molar-refractivity contribution in [2.24, 2.45) is 5.73 Å². The van der Waals surface area contributed by atoms with Gasteiger partial charge in [0.05, 0.1) is 5.54 Å². The van der Waals surface area contributed by atoms with E-state index in [-0.39, 0.29) is 6.10 Å². The quantitative estimate of drug-likeness (QED) is 0.900. The van der Waals surface area contributed by atoms with Crippen LogP contribution in [0.5, 0.6) is 5.75 Å². The first kappa shape index (κ1) is 16.0. The molecule has 124 valence electrons. The molecule has 0 spiro atoms. The summed E-state index contributed by atoms with van der Waals surface area (Å²) in [5.74, 6) is 2.36. The van der Waals surface area contributed by atoms with Crippen molar-refractivity contribution in [3.05, 3.63) is 41.5 Å². The molecule has 23 heavy (non-hydrogen) atoms. The van der Waals surface area contributed by atoms with Crippen molar-refractivity contribution in [3.8, 4) is 5.75 Å². The van der Waals surface area contributed by atoms with Crippen molar-refractivity contribution in [2.75, 3.05) is 0 Å². The molecule has 2 N–H and O–H groups in total. The number of nitrogens with two attached hydrogens (primary N) is 1. The molecule has 1 aromatic carbocycles. The van der Waals surface area contributed by atoms with Crippen LogP contribution < -0.4 is 10.5 Å². The second kappa shape index (κ2) is 6.32. The molecule has 5 nitrogen and oxygen atoms in total. The Kier molecular flexibility index (Phi) is 4.39. The van der Waals surface area contributed by atoms with Crippen LogP contribution in [0.15, 0.2) is 28.8 Å². The van der Waals surface area contributed by atoms with Crippen LogP contribution in [0, 0.1) is 0 Å². The summed E-state index contributed by atoms with van der Waals surface area (Å²) < 4.78 is 11.4. The molecule has 1 saturated carbocycles. The molecule has 1 atom stereocenters. The summed E-state index contributed by atoms with van der Waals surface area (Å²) in [6.45, 7) is 6.24. The highest BCUT2D eigenvalue weighted by molar-refractivity contribution is 5.30. The van der Waals surface area contributed by atoms with Gasteiger partial charge < -0.3 is 15.0 Å². The van der Waals surface area contributed by atoms with Crippen molar-refractivity contribution in [3.63, 3.8) is 0 Å². The van der Waals surface area contributed by atoms with Gasteiger partial charge in [-0.3, -0.25) is 0 Å². The molecule has 1 aliphatic rings. The van der Waals surface area contributed by atoms with Crippen LogP contribution in [0.3, 0.4) is 0 Å². The molecular weight excluding hydrogens is 290 g/mol. The Bertz CT molecular complexity index is 660. The number of aromatic nitrogens is 2. The summed E-state index contributed by atoms with van der Waals surface area (Å²) in [6, 6.07) is 8.11. The minimum atomic E-state index is -0.432. The Morgan fingerprint density at radius 2 is 1.96 bits per heavy atom. The van der Waals surface area contributed by atoms with E-state index in [4.69, 9.17) is 15.0 Å². The smallest absolute Gasteiger partial charge is 0.267 e. The maximum atomic E-state index is 6.37. The molecule has 1 fully saturated rings. The summed E-state index contributed by atoms with van der Waals surface area (Å²) in [5, 5.41) is 4.09. The summed E-state index contributed by atoms with van der Waals surface area (Å²) in [4.78, 5) is 4.49. The number of nitrogens with zero attached hydrogens (tertiary/aromatic N) is 2. The predicted octanol–water partition coefficient (Wildman–Crippen LogP) is 4.06. The molecule has 1 unspecified atom stereocenters. The largest absolute Gasteiger partial charge is 0.481 e. The number of ether oxygens (including phenoxy) is 1. The third kappa shape index (κ3) is 3.39. The van der Waals surface area contributed by atoms with Gasteiger partial charge in [-0.15, -0.1) is 0 Å². The highest BCUT2D eigenvalue weighted by atomic mass is 16.5. The molecule has 3 rings (SSSR count). The lowest BCUT2D eigenvalue weighted by Gasteiger charge is -2.18. The maximum Gasteiger partial charge on any atom is 0.267 e. The first-order valence-corrected chi connectivity index (χ1v) is 8.37. The van der Waals surface area contributed by atoms with Crippen molar-refractivity contribution < 1.29 is 9.26 Å². The zero-order valence-corrected chi connectivity index (χ0v) is 14.1. The maximum absolute atomic E-state index is 6.37. The standard InChI is InChI=1S/C18H25N3O2/c1-12(2)14-7-6-8-15(11-14)22-13(3)16-20-17(21-23-16)18(19)9-4-5-10-18/h6-8,11-13H,4-5,9-10,19H2,1-3H3. The van der Waals surface area contributed by atoms with Gasteiger partial charge in [0.1, 0.15) is 5.75 Å². The molecule has 5 heteroatoms. The molecule has 1 heterocycles. The van der Waals surface area contributed by atoms with Gasteiger partial charge in [-0.05, 0) is 43.4 Å². The van der Waals surface area contributed by atoms with Gasteiger partial charge in [0.2, 0.25) is 0 Å². The Hall–Kier alpha value is -1.88. The topological polar surface area (TPSA) is 74.2 Å². The molecular formula is C18H25N3O2. The van der Waals surface area contributed by atoms with Gasteiger partial charge in [-0.2, -0.15) is 4.98 Å². The Morgan fingerprint density at radius 3 is 2.65 bits per heavy atom. The average molecular weight is 315 g/mol. The van der Waals surface area contributed by atoms with Crippen molar-refractivity contribution in [1.29, 1.82) is 0 Å². The van der Waals surface area contributed by atoms with Crippen LogP contribution in [0.25, 0.3) is 0 Å². The Balaban J connectivity index is 1.72. The lowest BCUT2D eigenvalue weighted by molar-refractivity contribution is 0.175. The Labute approximate surface area is 137 Å². The van der Waals surface area contributed by atoms with E-state index in [1.807, 2.05) is 19.1 Å². The third-order valence-corrected chi connectivity index (χ3v) is 4.57. The first-order valence-electron chi connectivity index (χ1n) is 8.37. The van der Waals surface area contributed by atoms with Gasteiger partial charge in [0, 0.05) is 0 Å². The molecule has 0 radical (unpaired) electrons. The number of hydrogen-bond donors (Lipinski definition) is 1. The summed E-state index contributed by atoms with van der Waals surface area (Å²) in [5.41, 5.74) is 7.19. The van der Waals surface area contributed by atoms with E-state index in [1.165, 1.54) is 5.56 Å². The number of hydrogen-bond acceptors (Lipinski definition) is 5. The zero-order chi connectivity index (χ0) is 16.4. The van der Waals surface area contributed by atoms with Gasteiger partial charge in [0.25, 0.3) is 5.89 Å².